The van der Waals surface area contributed by atoms with Crippen LogP contribution in [0.5, 0.6) is 0 Å². The fourth-order valence-corrected chi connectivity index (χ4v) is 3.27. The first-order valence-electron chi connectivity index (χ1n) is 7.86. The van der Waals surface area contributed by atoms with Gasteiger partial charge in [-0.2, -0.15) is 0 Å². The summed E-state index contributed by atoms with van der Waals surface area (Å²) < 4.78 is 7.60. The molecule has 0 atom stereocenters. The van der Waals surface area contributed by atoms with Gasteiger partial charge in [-0.15, -0.1) is 0 Å². The second-order valence-corrected chi connectivity index (χ2v) is 7.41. The van der Waals surface area contributed by atoms with Crippen LogP contribution in [0.3, 0.4) is 0 Å². The number of fused-ring (bicyclic) bond motifs is 3. The number of amides is 1. The van der Waals surface area contributed by atoms with E-state index in [4.69, 9.17) is 16.3 Å². The first kappa shape index (κ1) is 16.1. The smallest absolute Gasteiger partial charge is 0.410 e. The fourth-order valence-electron chi connectivity index (χ4n) is 3.11. The van der Waals surface area contributed by atoms with Gasteiger partial charge >= 0.3 is 6.09 Å². The summed E-state index contributed by atoms with van der Waals surface area (Å²) in [6.07, 6.45) is 3.01. The number of hydrogen-bond acceptors (Lipinski definition) is 3. The van der Waals surface area contributed by atoms with Crippen molar-refractivity contribution in [1.82, 2.24) is 14.5 Å². The number of aromatic nitrogens is 2. The van der Waals surface area contributed by atoms with Gasteiger partial charge in [0.1, 0.15) is 11.2 Å². The molecule has 124 valence electrons. The summed E-state index contributed by atoms with van der Waals surface area (Å²) in [6, 6.07) is 1.96. The van der Waals surface area contributed by atoms with Crippen molar-refractivity contribution >= 4 is 28.7 Å². The lowest BCUT2D eigenvalue weighted by atomic mass is 10.1. The van der Waals surface area contributed by atoms with Gasteiger partial charge in [0.25, 0.3) is 0 Å². The predicted molar refractivity (Wildman–Crippen MR) is 90.9 cm³/mol. The summed E-state index contributed by atoms with van der Waals surface area (Å²) >= 11 is 6.11. The van der Waals surface area contributed by atoms with Crippen LogP contribution in [0.4, 0.5) is 4.79 Å². The van der Waals surface area contributed by atoms with Gasteiger partial charge in [-0.3, -0.25) is 0 Å². The van der Waals surface area contributed by atoms with E-state index in [1.54, 1.807) is 11.1 Å². The van der Waals surface area contributed by atoms with Crippen LogP contribution in [0, 0.1) is 0 Å². The third-order valence-electron chi connectivity index (χ3n) is 4.13. The average molecular weight is 336 g/mol. The topological polar surface area (TPSA) is 47.4 Å². The third kappa shape index (κ3) is 3.15. The van der Waals surface area contributed by atoms with Gasteiger partial charge < -0.3 is 14.2 Å². The maximum Gasteiger partial charge on any atom is 0.410 e. The van der Waals surface area contributed by atoms with Crippen LogP contribution in [0.2, 0.25) is 5.02 Å². The highest BCUT2D eigenvalue weighted by Crippen LogP contribution is 2.29. The highest BCUT2D eigenvalue weighted by atomic mass is 35.5. The summed E-state index contributed by atoms with van der Waals surface area (Å²) in [4.78, 5) is 18.5. The molecule has 0 saturated heterocycles. The molecule has 0 aromatic carbocycles. The van der Waals surface area contributed by atoms with Gasteiger partial charge in [0.15, 0.2) is 0 Å². The minimum absolute atomic E-state index is 0.245. The van der Waals surface area contributed by atoms with Crippen molar-refractivity contribution in [3.05, 3.63) is 28.5 Å². The summed E-state index contributed by atoms with van der Waals surface area (Å²) in [5, 5.41) is 1.72. The molecule has 2 aromatic heterocycles. The average Bonchev–Trinajstić information content (AvgIpc) is 2.62. The maximum absolute atomic E-state index is 12.3. The molecule has 0 unspecified atom stereocenters. The van der Waals surface area contributed by atoms with Gasteiger partial charge in [0.2, 0.25) is 0 Å². The molecule has 0 radical (unpaired) electrons. The Hall–Kier alpha value is -1.75. The fraction of sp³-hybridized carbons (Fsp3) is 0.529. The molecular weight excluding hydrogens is 314 g/mol. The Balaban J connectivity index is 1.88. The number of pyridine rings is 1. The number of ether oxygens (including phenoxy) is 1. The molecule has 1 aliphatic rings. The van der Waals surface area contributed by atoms with Gasteiger partial charge in [0.05, 0.1) is 5.02 Å². The Morgan fingerprint density at radius 1 is 1.30 bits per heavy atom. The quantitative estimate of drug-likeness (QED) is 0.739. The molecule has 5 nitrogen and oxygen atoms in total. The van der Waals surface area contributed by atoms with Crippen molar-refractivity contribution in [3.63, 3.8) is 0 Å². The van der Waals surface area contributed by atoms with E-state index in [0.29, 0.717) is 18.1 Å². The first-order valence-corrected chi connectivity index (χ1v) is 8.23. The van der Waals surface area contributed by atoms with Crippen LogP contribution in [0.25, 0.3) is 11.0 Å². The van der Waals surface area contributed by atoms with E-state index in [2.05, 4.69) is 9.55 Å². The van der Waals surface area contributed by atoms with Crippen molar-refractivity contribution in [2.45, 2.75) is 39.2 Å². The largest absolute Gasteiger partial charge is 0.444 e. The van der Waals surface area contributed by atoms with Crippen molar-refractivity contribution in [3.8, 4) is 0 Å². The van der Waals surface area contributed by atoms with Crippen LogP contribution in [0.1, 0.15) is 32.0 Å². The van der Waals surface area contributed by atoms with Gasteiger partial charge in [0, 0.05) is 43.8 Å². The van der Waals surface area contributed by atoms with Gasteiger partial charge in [-0.05, 0) is 38.8 Å². The summed E-state index contributed by atoms with van der Waals surface area (Å²) in [5.41, 5.74) is 2.94. The SMILES string of the molecule is Cn1c2c(c3cc(Cl)cnc31)CCN(C(=O)OC(C)(C)C)CC2. The van der Waals surface area contributed by atoms with Crippen LogP contribution < -0.4 is 0 Å². The molecule has 1 aliphatic heterocycles. The summed E-state index contributed by atoms with van der Waals surface area (Å²) in [5.74, 6) is 0. The lowest BCUT2D eigenvalue weighted by molar-refractivity contribution is 0.0258. The van der Waals surface area contributed by atoms with Crippen LogP contribution in [-0.2, 0) is 24.6 Å². The normalized spacial score (nSPS) is 15.4. The van der Waals surface area contributed by atoms with Crippen molar-refractivity contribution in [2.24, 2.45) is 7.05 Å². The number of carbonyl (C=O) groups excluding carboxylic acids is 1. The second-order valence-electron chi connectivity index (χ2n) is 6.98. The highest BCUT2D eigenvalue weighted by Gasteiger charge is 2.26. The Labute approximate surface area is 141 Å². The Morgan fingerprint density at radius 3 is 2.70 bits per heavy atom. The second kappa shape index (κ2) is 5.71. The Kier molecular flexibility index (Phi) is 4.00. The van der Waals surface area contributed by atoms with Gasteiger partial charge in [-0.1, -0.05) is 11.6 Å². The van der Waals surface area contributed by atoms with E-state index in [-0.39, 0.29) is 6.09 Å². The van der Waals surface area contributed by atoms with Crippen molar-refractivity contribution in [2.75, 3.05) is 13.1 Å². The van der Waals surface area contributed by atoms with E-state index < -0.39 is 5.60 Å². The minimum atomic E-state index is -0.472. The Morgan fingerprint density at radius 2 is 2.00 bits per heavy atom. The number of aryl methyl sites for hydroxylation is 1. The number of rotatable bonds is 0. The highest BCUT2D eigenvalue weighted by molar-refractivity contribution is 6.31. The number of carbonyl (C=O) groups is 1. The molecule has 0 bridgehead atoms. The molecule has 0 fully saturated rings. The number of hydrogen-bond donors (Lipinski definition) is 0. The predicted octanol–water partition coefficient (Wildman–Crippen LogP) is 3.56. The van der Waals surface area contributed by atoms with Crippen LogP contribution >= 0.6 is 11.6 Å². The summed E-state index contributed by atoms with van der Waals surface area (Å²) in [6.45, 7) is 6.96. The molecule has 23 heavy (non-hydrogen) atoms. The lowest BCUT2D eigenvalue weighted by Crippen LogP contribution is -2.38. The lowest BCUT2D eigenvalue weighted by Gasteiger charge is -2.26. The van der Waals surface area contributed by atoms with Crippen LogP contribution in [-0.4, -0.2) is 39.2 Å². The molecular formula is C17H22ClN3O2. The molecule has 6 heteroatoms. The van der Waals surface area contributed by atoms with E-state index in [1.807, 2.05) is 33.9 Å². The zero-order valence-electron chi connectivity index (χ0n) is 14.0. The zero-order chi connectivity index (χ0) is 16.8. The first-order chi connectivity index (χ1) is 10.8. The van der Waals surface area contributed by atoms with Crippen molar-refractivity contribution in [1.29, 1.82) is 0 Å². The molecule has 0 saturated carbocycles. The molecule has 1 amide bonds. The standard InChI is InChI=1S/C17H22ClN3O2/c1-17(2,3)23-16(22)21-7-5-12-13-9-11(18)10-19-15(13)20(4)14(12)6-8-21/h9-10H,5-8H2,1-4H3. The van der Waals surface area contributed by atoms with E-state index in [1.165, 1.54) is 11.3 Å². The molecule has 0 N–H and O–H groups in total. The molecule has 3 heterocycles. The zero-order valence-corrected chi connectivity index (χ0v) is 14.8. The van der Waals surface area contributed by atoms with Gasteiger partial charge in [-0.25, -0.2) is 9.78 Å². The monoisotopic (exact) mass is 335 g/mol. The van der Waals surface area contributed by atoms with E-state index >= 15 is 0 Å². The van der Waals surface area contributed by atoms with E-state index in [9.17, 15) is 4.79 Å². The third-order valence-corrected chi connectivity index (χ3v) is 4.34. The number of nitrogens with zero attached hydrogens (tertiary/aromatic N) is 3. The molecule has 3 rings (SSSR count). The van der Waals surface area contributed by atoms with Crippen molar-refractivity contribution < 1.29 is 9.53 Å². The van der Waals surface area contributed by atoms with Crippen LogP contribution in [0.15, 0.2) is 12.3 Å². The minimum Gasteiger partial charge on any atom is -0.444 e. The summed E-state index contributed by atoms with van der Waals surface area (Å²) in [7, 11) is 2.02. The molecule has 0 aliphatic carbocycles. The molecule has 0 spiro atoms. The Bertz CT molecular complexity index is 761. The molecule has 2 aromatic rings. The number of halogens is 1. The maximum atomic E-state index is 12.3. The van der Waals surface area contributed by atoms with E-state index in [0.717, 1.165) is 23.9 Å².